The molecule has 0 saturated heterocycles. The van der Waals surface area contributed by atoms with E-state index in [2.05, 4.69) is 10.2 Å². The molecule has 118 valence electrons. The minimum Gasteiger partial charge on any atom is -0.365 e. The normalized spacial score (nSPS) is 14.2. The molecule has 0 atom stereocenters. The Labute approximate surface area is 137 Å². The molecule has 0 spiro atoms. The number of nitrogens with zero attached hydrogens (tertiary/aromatic N) is 4. The second-order valence-electron chi connectivity index (χ2n) is 5.88. The lowest BCUT2D eigenvalue weighted by Crippen LogP contribution is -2.17. The molecule has 0 aliphatic carbocycles. The van der Waals surface area contributed by atoms with Gasteiger partial charge < -0.3 is 5.73 Å². The monoisotopic (exact) mass is 329 g/mol. The topological polar surface area (TPSA) is 78.7 Å². The molecule has 2 aromatic heterocycles. The van der Waals surface area contributed by atoms with Gasteiger partial charge in [0.1, 0.15) is 5.69 Å². The van der Waals surface area contributed by atoms with Gasteiger partial charge in [-0.05, 0) is 31.4 Å². The molecule has 0 saturated carbocycles. The van der Waals surface area contributed by atoms with Crippen molar-refractivity contribution in [2.45, 2.75) is 25.8 Å². The summed E-state index contributed by atoms with van der Waals surface area (Å²) in [5.41, 5.74) is 9.35. The summed E-state index contributed by atoms with van der Waals surface area (Å²) in [6, 6.07) is 3.78. The molecule has 0 radical (unpaired) electrons. The Kier molecular flexibility index (Phi) is 3.16. The zero-order valence-electron chi connectivity index (χ0n) is 12.7. The van der Waals surface area contributed by atoms with E-state index in [1.807, 2.05) is 23.9 Å². The number of nitrogens with two attached hydrogens (primary N) is 1. The van der Waals surface area contributed by atoms with Crippen LogP contribution in [0.4, 0.5) is 0 Å². The highest BCUT2D eigenvalue weighted by atomic mass is 35.5. The standard InChI is InChI=1S/C16H16ClN5O/c1-21-15-10(8-19-21)6-9(7-11(15)17)14-13(16(18)23)12-4-2-3-5-22(12)20-14/h6-8H,2-5H2,1H3,(H2,18,23). The van der Waals surface area contributed by atoms with Gasteiger partial charge in [-0.1, -0.05) is 11.6 Å². The van der Waals surface area contributed by atoms with Gasteiger partial charge in [0.05, 0.1) is 28.0 Å². The van der Waals surface area contributed by atoms with Crippen LogP contribution in [0.25, 0.3) is 22.2 Å². The zero-order valence-corrected chi connectivity index (χ0v) is 13.5. The van der Waals surface area contributed by atoms with E-state index >= 15 is 0 Å². The maximum atomic E-state index is 12.0. The Bertz CT molecular complexity index is 940. The van der Waals surface area contributed by atoms with Crippen LogP contribution in [0.2, 0.25) is 5.02 Å². The van der Waals surface area contributed by atoms with Crippen LogP contribution in [0.3, 0.4) is 0 Å². The first kappa shape index (κ1) is 14.3. The minimum atomic E-state index is -0.439. The summed E-state index contributed by atoms with van der Waals surface area (Å²) < 4.78 is 3.63. The van der Waals surface area contributed by atoms with Gasteiger partial charge in [-0.15, -0.1) is 0 Å². The predicted octanol–water partition coefficient (Wildman–Crippen LogP) is 2.53. The van der Waals surface area contributed by atoms with Gasteiger partial charge in [0.15, 0.2) is 0 Å². The van der Waals surface area contributed by atoms with Crippen LogP contribution < -0.4 is 5.73 Å². The van der Waals surface area contributed by atoms with Crippen molar-refractivity contribution in [2.24, 2.45) is 12.8 Å². The molecule has 23 heavy (non-hydrogen) atoms. The second kappa shape index (κ2) is 5.09. The molecule has 1 aromatic carbocycles. The summed E-state index contributed by atoms with van der Waals surface area (Å²) in [5, 5.41) is 10.4. The molecular weight excluding hydrogens is 314 g/mol. The fourth-order valence-electron chi connectivity index (χ4n) is 3.35. The summed E-state index contributed by atoms with van der Waals surface area (Å²) in [6.45, 7) is 0.818. The highest BCUT2D eigenvalue weighted by Gasteiger charge is 2.25. The number of aryl methyl sites for hydroxylation is 2. The SMILES string of the molecule is Cn1ncc2cc(-c3nn4c(c3C(N)=O)CCCC4)cc(Cl)c21. The van der Waals surface area contributed by atoms with Crippen LogP contribution in [0, 0.1) is 0 Å². The molecule has 0 unspecified atom stereocenters. The Morgan fingerprint density at radius 1 is 1.35 bits per heavy atom. The van der Waals surface area contributed by atoms with Crippen molar-refractivity contribution in [3.8, 4) is 11.3 Å². The molecule has 7 heteroatoms. The number of aromatic nitrogens is 4. The molecule has 4 rings (SSSR count). The maximum Gasteiger partial charge on any atom is 0.252 e. The third kappa shape index (κ3) is 2.13. The van der Waals surface area contributed by atoms with Crippen molar-refractivity contribution in [2.75, 3.05) is 0 Å². The summed E-state index contributed by atoms with van der Waals surface area (Å²) in [6.07, 6.45) is 4.70. The second-order valence-corrected chi connectivity index (χ2v) is 6.29. The maximum absolute atomic E-state index is 12.0. The van der Waals surface area contributed by atoms with E-state index in [4.69, 9.17) is 17.3 Å². The van der Waals surface area contributed by atoms with Crippen LogP contribution in [0.1, 0.15) is 28.9 Å². The third-order valence-electron chi connectivity index (χ3n) is 4.40. The van der Waals surface area contributed by atoms with Crippen LogP contribution in [-0.2, 0) is 20.0 Å². The van der Waals surface area contributed by atoms with Crippen molar-refractivity contribution in [3.63, 3.8) is 0 Å². The highest BCUT2D eigenvalue weighted by Crippen LogP contribution is 2.34. The van der Waals surface area contributed by atoms with Crippen LogP contribution in [0.5, 0.6) is 0 Å². The van der Waals surface area contributed by atoms with Crippen molar-refractivity contribution < 1.29 is 4.79 Å². The van der Waals surface area contributed by atoms with E-state index < -0.39 is 5.91 Å². The number of amides is 1. The average Bonchev–Trinajstić information content (AvgIpc) is 3.08. The number of rotatable bonds is 2. The number of carbonyl (C=O) groups excluding carboxylic acids is 1. The Hall–Kier alpha value is -2.34. The molecule has 1 aliphatic heterocycles. The van der Waals surface area contributed by atoms with E-state index in [-0.39, 0.29) is 0 Å². The zero-order chi connectivity index (χ0) is 16.1. The van der Waals surface area contributed by atoms with Crippen LogP contribution in [0.15, 0.2) is 18.3 Å². The van der Waals surface area contributed by atoms with Crippen molar-refractivity contribution in [1.82, 2.24) is 19.6 Å². The quantitative estimate of drug-likeness (QED) is 0.784. The number of benzene rings is 1. The fourth-order valence-corrected chi connectivity index (χ4v) is 3.70. The lowest BCUT2D eigenvalue weighted by Gasteiger charge is -2.13. The Balaban J connectivity index is 1.97. The smallest absolute Gasteiger partial charge is 0.252 e. The van der Waals surface area contributed by atoms with Crippen LogP contribution in [-0.4, -0.2) is 25.5 Å². The molecule has 1 amide bonds. The van der Waals surface area contributed by atoms with Gasteiger partial charge in [-0.2, -0.15) is 10.2 Å². The van der Waals surface area contributed by atoms with Gasteiger partial charge in [-0.3, -0.25) is 14.2 Å². The van der Waals surface area contributed by atoms with E-state index in [0.29, 0.717) is 16.3 Å². The third-order valence-corrected chi connectivity index (χ3v) is 4.69. The molecule has 0 bridgehead atoms. The Morgan fingerprint density at radius 3 is 2.96 bits per heavy atom. The van der Waals surface area contributed by atoms with Gasteiger partial charge >= 0.3 is 0 Å². The van der Waals surface area contributed by atoms with Gasteiger partial charge in [0.2, 0.25) is 0 Å². The van der Waals surface area contributed by atoms with Gasteiger partial charge in [-0.25, -0.2) is 0 Å². The summed E-state index contributed by atoms with van der Waals surface area (Å²) in [7, 11) is 1.85. The first-order chi connectivity index (χ1) is 11.1. The Morgan fingerprint density at radius 2 is 2.17 bits per heavy atom. The molecule has 3 aromatic rings. The van der Waals surface area contributed by atoms with Gasteiger partial charge in [0, 0.05) is 24.5 Å². The molecule has 0 fully saturated rings. The van der Waals surface area contributed by atoms with E-state index in [1.54, 1.807) is 10.9 Å². The van der Waals surface area contributed by atoms with E-state index in [9.17, 15) is 4.79 Å². The van der Waals surface area contributed by atoms with Crippen molar-refractivity contribution in [3.05, 3.63) is 34.6 Å². The number of halogens is 1. The number of fused-ring (bicyclic) bond motifs is 2. The molecular formula is C16H16ClN5O. The first-order valence-electron chi connectivity index (χ1n) is 7.57. The largest absolute Gasteiger partial charge is 0.365 e. The number of hydrogen-bond donors (Lipinski definition) is 1. The van der Waals surface area contributed by atoms with E-state index in [1.165, 1.54) is 0 Å². The van der Waals surface area contributed by atoms with Gasteiger partial charge in [0.25, 0.3) is 5.91 Å². The molecule has 2 N–H and O–H groups in total. The number of hydrogen-bond acceptors (Lipinski definition) is 3. The molecule has 6 nitrogen and oxygen atoms in total. The number of primary amides is 1. The fraction of sp³-hybridized carbons (Fsp3) is 0.312. The number of carbonyl (C=O) groups is 1. The summed E-state index contributed by atoms with van der Waals surface area (Å²) in [4.78, 5) is 12.0. The predicted molar refractivity (Wildman–Crippen MR) is 88.4 cm³/mol. The summed E-state index contributed by atoms with van der Waals surface area (Å²) in [5.74, 6) is -0.439. The van der Waals surface area contributed by atoms with Crippen molar-refractivity contribution >= 4 is 28.4 Å². The lowest BCUT2D eigenvalue weighted by molar-refractivity contribution is 0.0999. The highest BCUT2D eigenvalue weighted by molar-refractivity contribution is 6.35. The minimum absolute atomic E-state index is 0.439. The van der Waals surface area contributed by atoms with E-state index in [0.717, 1.165) is 48.0 Å². The lowest BCUT2D eigenvalue weighted by atomic mass is 10.0. The first-order valence-corrected chi connectivity index (χ1v) is 7.95. The van der Waals surface area contributed by atoms with Crippen LogP contribution >= 0.6 is 11.6 Å². The summed E-state index contributed by atoms with van der Waals surface area (Å²) >= 11 is 6.41. The average molecular weight is 330 g/mol. The van der Waals surface area contributed by atoms with Crippen molar-refractivity contribution in [1.29, 1.82) is 0 Å². The molecule has 1 aliphatic rings. The molecule has 3 heterocycles.